The fraction of sp³-hybridized carbons (Fsp3) is 0.0526. The number of anilines is 2. The van der Waals surface area contributed by atoms with Gasteiger partial charge in [-0.2, -0.15) is 5.10 Å². The molecule has 0 aliphatic carbocycles. The normalized spacial score (nSPS) is 10.8. The number of benzene rings is 2. The molecule has 0 bridgehead atoms. The van der Waals surface area contributed by atoms with E-state index in [-0.39, 0.29) is 0 Å². The van der Waals surface area contributed by atoms with E-state index in [1.54, 1.807) is 24.2 Å². The molecule has 1 N–H and O–H groups in total. The summed E-state index contributed by atoms with van der Waals surface area (Å²) in [4.78, 5) is 4.38. The lowest BCUT2D eigenvalue weighted by atomic mass is 10.1. The molecule has 0 amide bonds. The number of pyridine rings is 1. The monoisotopic (exact) mass is 350 g/mol. The summed E-state index contributed by atoms with van der Waals surface area (Å²) in [6.45, 7) is 0. The van der Waals surface area contributed by atoms with E-state index in [0.717, 1.165) is 33.7 Å². The third-order valence-corrected chi connectivity index (χ3v) is 4.11. The molecule has 2 aromatic heterocycles. The number of hydrogen-bond donors (Lipinski definition) is 1. The third-order valence-electron chi connectivity index (χ3n) is 3.88. The van der Waals surface area contributed by atoms with E-state index in [0.29, 0.717) is 5.02 Å². The minimum Gasteiger partial charge on any atom is -0.497 e. The van der Waals surface area contributed by atoms with E-state index < -0.39 is 0 Å². The predicted molar refractivity (Wildman–Crippen MR) is 100 cm³/mol. The van der Waals surface area contributed by atoms with Gasteiger partial charge in [-0.1, -0.05) is 11.6 Å². The molecule has 0 aliphatic heterocycles. The highest BCUT2D eigenvalue weighted by Gasteiger charge is 2.07. The molecular formula is C19H15ClN4O. The van der Waals surface area contributed by atoms with Crippen LogP contribution in [0.2, 0.25) is 5.02 Å². The number of rotatable bonds is 4. The fourth-order valence-corrected chi connectivity index (χ4v) is 2.88. The molecule has 0 saturated heterocycles. The van der Waals surface area contributed by atoms with E-state index >= 15 is 0 Å². The summed E-state index contributed by atoms with van der Waals surface area (Å²) < 4.78 is 7.21. The van der Waals surface area contributed by atoms with Gasteiger partial charge in [0.2, 0.25) is 0 Å². The van der Waals surface area contributed by atoms with Gasteiger partial charge < -0.3 is 10.1 Å². The maximum Gasteiger partial charge on any atom is 0.123 e. The summed E-state index contributed by atoms with van der Waals surface area (Å²) in [6, 6.07) is 15.3. The van der Waals surface area contributed by atoms with Gasteiger partial charge in [-0.3, -0.25) is 4.98 Å². The molecule has 2 aromatic carbocycles. The average molecular weight is 351 g/mol. The molecule has 6 heteroatoms. The number of methoxy groups -OCH3 is 1. The molecule has 25 heavy (non-hydrogen) atoms. The molecule has 0 saturated carbocycles. The first-order valence-electron chi connectivity index (χ1n) is 7.73. The van der Waals surface area contributed by atoms with E-state index in [2.05, 4.69) is 15.4 Å². The lowest BCUT2D eigenvalue weighted by molar-refractivity contribution is 0.414. The van der Waals surface area contributed by atoms with Crippen molar-refractivity contribution in [3.05, 3.63) is 72.1 Å². The molecule has 4 aromatic rings. The highest BCUT2D eigenvalue weighted by atomic mass is 35.5. The Bertz CT molecular complexity index is 1030. The third kappa shape index (κ3) is 3.14. The topological polar surface area (TPSA) is 52.0 Å². The Hall–Kier alpha value is -3.05. The zero-order valence-electron chi connectivity index (χ0n) is 13.5. The number of ether oxygens (including phenoxy) is 1. The Kier molecular flexibility index (Phi) is 3.99. The summed E-state index contributed by atoms with van der Waals surface area (Å²) in [5.41, 5.74) is 3.59. The largest absolute Gasteiger partial charge is 0.497 e. The second kappa shape index (κ2) is 6.45. The maximum atomic E-state index is 6.15. The van der Waals surface area contributed by atoms with Crippen LogP contribution in [-0.2, 0) is 0 Å². The molecule has 0 spiro atoms. The quantitative estimate of drug-likeness (QED) is 0.573. The zero-order chi connectivity index (χ0) is 17.2. The van der Waals surface area contributed by atoms with E-state index in [4.69, 9.17) is 16.3 Å². The van der Waals surface area contributed by atoms with Gasteiger partial charge in [0.25, 0.3) is 0 Å². The number of nitrogens with zero attached hydrogens (tertiary/aromatic N) is 3. The lowest BCUT2D eigenvalue weighted by Gasteiger charge is -2.13. The van der Waals surface area contributed by atoms with Gasteiger partial charge >= 0.3 is 0 Å². The van der Waals surface area contributed by atoms with Crippen molar-refractivity contribution in [1.29, 1.82) is 0 Å². The van der Waals surface area contributed by atoms with Crippen LogP contribution in [0.4, 0.5) is 11.4 Å². The average Bonchev–Trinajstić information content (AvgIpc) is 3.17. The minimum atomic E-state index is 0.673. The summed E-state index contributed by atoms with van der Waals surface area (Å²) in [5, 5.41) is 9.34. The zero-order valence-corrected chi connectivity index (χ0v) is 14.2. The van der Waals surface area contributed by atoms with Crippen LogP contribution in [0.5, 0.6) is 5.75 Å². The first-order valence-corrected chi connectivity index (χ1v) is 8.11. The van der Waals surface area contributed by atoms with Crippen LogP contribution < -0.4 is 10.1 Å². The van der Waals surface area contributed by atoms with Gasteiger partial charge in [-0.15, -0.1) is 0 Å². The Morgan fingerprint density at radius 1 is 1.08 bits per heavy atom. The van der Waals surface area contributed by atoms with Crippen molar-refractivity contribution >= 4 is 33.9 Å². The summed E-state index contributed by atoms with van der Waals surface area (Å²) in [5.74, 6) is 0.742. The number of halogens is 1. The van der Waals surface area contributed by atoms with Gasteiger partial charge in [0.1, 0.15) is 5.75 Å². The minimum absolute atomic E-state index is 0.673. The smallest absolute Gasteiger partial charge is 0.123 e. The summed E-state index contributed by atoms with van der Waals surface area (Å²) in [6.07, 6.45) is 5.40. The second-order valence-corrected chi connectivity index (χ2v) is 5.95. The van der Waals surface area contributed by atoms with Crippen molar-refractivity contribution in [3.63, 3.8) is 0 Å². The number of hydrogen-bond acceptors (Lipinski definition) is 4. The number of aromatic nitrogens is 3. The van der Waals surface area contributed by atoms with Crippen LogP contribution in [0.1, 0.15) is 0 Å². The highest BCUT2D eigenvalue weighted by molar-refractivity contribution is 6.31. The Morgan fingerprint density at radius 3 is 2.80 bits per heavy atom. The van der Waals surface area contributed by atoms with Crippen molar-refractivity contribution in [2.24, 2.45) is 0 Å². The van der Waals surface area contributed by atoms with Crippen molar-refractivity contribution in [2.45, 2.75) is 0 Å². The highest BCUT2D eigenvalue weighted by Crippen LogP contribution is 2.30. The second-order valence-electron chi connectivity index (χ2n) is 5.52. The van der Waals surface area contributed by atoms with Crippen molar-refractivity contribution < 1.29 is 4.74 Å². The van der Waals surface area contributed by atoms with Crippen LogP contribution in [0.25, 0.3) is 16.6 Å². The van der Waals surface area contributed by atoms with Crippen LogP contribution in [0.3, 0.4) is 0 Å². The molecular weight excluding hydrogens is 336 g/mol. The van der Waals surface area contributed by atoms with E-state index in [1.165, 1.54) is 0 Å². The first-order chi connectivity index (χ1) is 12.2. The SMILES string of the molecule is COc1cc(Nc2ccnc3ccc(Cl)cc23)cc(-n2cccn2)c1. The molecule has 0 radical (unpaired) electrons. The van der Waals surface area contributed by atoms with Crippen molar-refractivity contribution in [1.82, 2.24) is 14.8 Å². The van der Waals surface area contributed by atoms with Gasteiger partial charge in [0, 0.05) is 52.5 Å². The molecule has 0 fully saturated rings. The molecule has 124 valence electrons. The van der Waals surface area contributed by atoms with Crippen molar-refractivity contribution in [2.75, 3.05) is 12.4 Å². The standard InChI is InChI=1S/C19H15ClN4O/c1-25-16-11-14(10-15(12-16)24-8-2-6-22-24)23-19-5-7-21-18-4-3-13(20)9-17(18)19/h2-12H,1H3,(H,21,23). The predicted octanol–water partition coefficient (Wildman–Crippen LogP) is 4.83. The lowest BCUT2D eigenvalue weighted by Crippen LogP contribution is -1.99. The fourth-order valence-electron chi connectivity index (χ4n) is 2.71. The molecule has 0 unspecified atom stereocenters. The molecule has 0 aliphatic rings. The van der Waals surface area contributed by atoms with Gasteiger partial charge in [-0.25, -0.2) is 4.68 Å². The van der Waals surface area contributed by atoms with Crippen LogP contribution in [0, 0.1) is 0 Å². The van der Waals surface area contributed by atoms with Crippen LogP contribution in [0.15, 0.2) is 67.1 Å². The Balaban J connectivity index is 1.78. The van der Waals surface area contributed by atoms with E-state index in [9.17, 15) is 0 Å². The van der Waals surface area contributed by atoms with Crippen LogP contribution >= 0.6 is 11.6 Å². The summed E-state index contributed by atoms with van der Waals surface area (Å²) >= 11 is 6.15. The van der Waals surface area contributed by atoms with Crippen molar-refractivity contribution in [3.8, 4) is 11.4 Å². The first kappa shape index (κ1) is 15.5. The number of fused-ring (bicyclic) bond motifs is 1. The maximum absolute atomic E-state index is 6.15. The molecule has 4 rings (SSSR count). The molecule has 2 heterocycles. The van der Waals surface area contributed by atoms with Gasteiger partial charge in [0.15, 0.2) is 0 Å². The van der Waals surface area contributed by atoms with Gasteiger partial charge in [0.05, 0.1) is 18.3 Å². The number of nitrogens with one attached hydrogen (secondary N) is 1. The summed E-state index contributed by atoms with van der Waals surface area (Å²) in [7, 11) is 1.65. The van der Waals surface area contributed by atoms with Crippen LogP contribution in [-0.4, -0.2) is 21.9 Å². The molecule has 5 nitrogen and oxygen atoms in total. The molecule has 0 atom stereocenters. The Morgan fingerprint density at radius 2 is 2.00 bits per heavy atom. The van der Waals surface area contributed by atoms with Gasteiger partial charge in [-0.05, 0) is 36.4 Å². The van der Waals surface area contributed by atoms with E-state index in [1.807, 2.05) is 54.7 Å². The Labute approximate surface area is 149 Å².